The third-order valence-electron chi connectivity index (χ3n) is 3.01. The molecule has 3 radical (unpaired) electrons. The first-order valence-electron chi connectivity index (χ1n) is 6.03. The molecular weight excluding hydrogens is 303 g/mol. The summed E-state index contributed by atoms with van der Waals surface area (Å²) in [5.41, 5.74) is 0. The van der Waals surface area contributed by atoms with Gasteiger partial charge in [0, 0.05) is 31.4 Å². The van der Waals surface area contributed by atoms with Crippen LogP contribution >= 0.6 is 32.6 Å². The molecule has 4 rings (SSSR count). The van der Waals surface area contributed by atoms with Crippen molar-refractivity contribution in [2.45, 2.75) is 0 Å². The third kappa shape index (κ3) is 2.45. The molecule has 0 aliphatic heterocycles. The van der Waals surface area contributed by atoms with Gasteiger partial charge in [-0.25, -0.2) is 0 Å². The molecule has 0 bridgehead atoms. The summed E-state index contributed by atoms with van der Waals surface area (Å²) in [6.45, 7) is 0. The number of thiophene rings is 2. The number of ether oxygens (including phenoxy) is 1. The SMILES string of the molecule is [P].c1ccc2sc(Oc3cc4ccccc4s3)cc2c1. The van der Waals surface area contributed by atoms with Crippen molar-refractivity contribution >= 4 is 52.7 Å². The maximum Gasteiger partial charge on any atom is 0.183 e. The van der Waals surface area contributed by atoms with Gasteiger partial charge in [0.2, 0.25) is 0 Å². The summed E-state index contributed by atoms with van der Waals surface area (Å²) in [4.78, 5) is 0. The number of hydrogen-bond acceptors (Lipinski definition) is 3. The lowest BCUT2D eigenvalue weighted by Gasteiger charge is -1.95. The summed E-state index contributed by atoms with van der Waals surface area (Å²) < 4.78 is 8.51. The minimum absolute atomic E-state index is 0. The smallest absolute Gasteiger partial charge is 0.183 e. The molecule has 97 valence electrons. The van der Waals surface area contributed by atoms with E-state index >= 15 is 0 Å². The Morgan fingerprint density at radius 2 is 1.10 bits per heavy atom. The highest BCUT2D eigenvalue weighted by atomic mass is 32.1. The van der Waals surface area contributed by atoms with Gasteiger partial charge in [0.25, 0.3) is 0 Å². The summed E-state index contributed by atoms with van der Waals surface area (Å²) >= 11 is 3.37. The Bertz CT molecular complexity index is 725. The average Bonchev–Trinajstić information content (AvgIpc) is 3.00. The van der Waals surface area contributed by atoms with E-state index in [-0.39, 0.29) is 9.90 Å². The largest absolute Gasteiger partial charge is 0.436 e. The highest BCUT2D eigenvalue weighted by molar-refractivity contribution is 7.22. The van der Waals surface area contributed by atoms with Crippen LogP contribution in [0, 0.1) is 0 Å². The van der Waals surface area contributed by atoms with E-state index in [2.05, 4.69) is 60.7 Å². The zero-order valence-electron chi connectivity index (χ0n) is 10.4. The van der Waals surface area contributed by atoms with Crippen LogP contribution in [0.25, 0.3) is 20.2 Å². The van der Waals surface area contributed by atoms with E-state index in [9.17, 15) is 0 Å². The number of hydrogen-bond donors (Lipinski definition) is 0. The van der Waals surface area contributed by atoms with Gasteiger partial charge in [0.1, 0.15) is 0 Å². The van der Waals surface area contributed by atoms with Gasteiger partial charge >= 0.3 is 0 Å². The van der Waals surface area contributed by atoms with Crippen LogP contribution in [-0.4, -0.2) is 0 Å². The average molecular weight is 313 g/mol. The van der Waals surface area contributed by atoms with Gasteiger partial charge in [-0.15, -0.1) is 0 Å². The van der Waals surface area contributed by atoms with Crippen LogP contribution < -0.4 is 4.74 Å². The molecule has 2 aromatic heterocycles. The molecule has 4 aromatic rings. The topological polar surface area (TPSA) is 9.23 Å². The number of rotatable bonds is 2. The second-order valence-electron chi connectivity index (χ2n) is 4.31. The summed E-state index contributed by atoms with van der Waals surface area (Å²) in [6, 6.07) is 20.9. The lowest BCUT2D eigenvalue weighted by Crippen LogP contribution is -1.73. The minimum atomic E-state index is 0. The molecule has 0 aliphatic carbocycles. The fourth-order valence-corrected chi connectivity index (χ4v) is 4.02. The van der Waals surface area contributed by atoms with Crippen LogP contribution in [0.5, 0.6) is 10.1 Å². The maximum absolute atomic E-state index is 5.99. The second kappa shape index (κ2) is 5.53. The van der Waals surface area contributed by atoms with Crippen molar-refractivity contribution in [3.05, 3.63) is 60.7 Å². The van der Waals surface area contributed by atoms with E-state index in [0.29, 0.717) is 0 Å². The zero-order valence-corrected chi connectivity index (χ0v) is 13.0. The Kier molecular flexibility index (Phi) is 3.75. The van der Waals surface area contributed by atoms with Crippen molar-refractivity contribution in [1.82, 2.24) is 0 Å². The van der Waals surface area contributed by atoms with Crippen molar-refractivity contribution in [3.8, 4) is 10.1 Å². The van der Waals surface area contributed by atoms with Gasteiger partial charge in [0.05, 0.1) is 0 Å². The number of fused-ring (bicyclic) bond motifs is 2. The van der Waals surface area contributed by atoms with Crippen LogP contribution in [-0.2, 0) is 0 Å². The van der Waals surface area contributed by atoms with Crippen LogP contribution in [0.4, 0.5) is 0 Å². The van der Waals surface area contributed by atoms with E-state index in [1.807, 2.05) is 0 Å². The van der Waals surface area contributed by atoms with Crippen LogP contribution in [0.15, 0.2) is 60.7 Å². The lowest BCUT2D eigenvalue weighted by atomic mass is 10.3. The highest BCUT2D eigenvalue weighted by Crippen LogP contribution is 2.39. The standard InChI is InChI=1S/C16H10OS2.P/c1-3-7-13-11(5-1)9-15(18-13)17-16-10-12-6-2-4-8-14(12)19-16;/h1-10H;. The number of benzene rings is 2. The molecule has 0 saturated carbocycles. The molecule has 4 heteroatoms. The Morgan fingerprint density at radius 3 is 1.55 bits per heavy atom. The predicted molar refractivity (Wildman–Crippen MR) is 90.6 cm³/mol. The summed E-state index contributed by atoms with van der Waals surface area (Å²) in [5.74, 6) is 0. The quantitative estimate of drug-likeness (QED) is 0.371. The maximum atomic E-state index is 5.99. The van der Waals surface area contributed by atoms with Crippen molar-refractivity contribution in [2.75, 3.05) is 0 Å². The van der Waals surface area contributed by atoms with Gasteiger partial charge in [0.15, 0.2) is 10.1 Å². The molecule has 0 amide bonds. The van der Waals surface area contributed by atoms with Crippen LogP contribution in [0.2, 0.25) is 0 Å². The van der Waals surface area contributed by atoms with E-state index in [0.717, 1.165) is 10.1 Å². The third-order valence-corrected chi connectivity index (χ3v) is 5.00. The molecule has 0 unspecified atom stereocenters. The van der Waals surface area contributed by atoms with E-state index in [1.54, 1.807) is 22.7 Å². The van der Waals surface area contributed by atoms with E-state index < -0.39 is 0 Å². The van der Waals surface area contributed by atoms with E-state index in [1.165, 1.54) is 20.2 Å². The fraction of sp³-hybridized carbons (Fsp3) is 0. The molecule has 0 aliphatic rings. The Hall–Kier alpha value is -1.41. The second-order valence-corrected chi connectivity index (χ2v) is 6.40. The molecule has 0 N–H and O–H groups in total. The fourth-order valence-electron chi connectivity index (χ4n) is 2.11. The van der Waals surface area contributed by atoms with Gasteiger partial charge in [-0.2, -0.15) is 0 Å². The Morgan fingerprint density at radius 1 is 0.650 bits per heavy atom. The van der Waals surface area contributed by atoms with Gasteiger partial charge in [-0.3, -0.25) is 0 Å². The highest BCUT2D eigenvalue weighted by Gasteiger charge is 2.06. The molecule has 0 saturated heterocycles. The summed E-state index contributed by atoms with van der Waals surface area (Å²) in [5, 5.41) is 4.38. The molecule has 2 aromatic carbocycles. The van der Waals surface area contributed by atoms with Crippen molar-refractivity contribution in [1.29, 1.82) is 0 Å². The normalized spacial score (nSPS) is 10.6. The molecule has 2 heterocycles. The first-order chi connectivity index (χ1) is 9.38. The van der Waals surface area contributed by atoms with Crippen molar-refractivity contribution < 1.29 is 4.74 Å². The lowest BCUT2D eigenvalue weighted by molar-refractivity contribution is 0.512. The van der Waals surface area contributed by atoms with Crippen molar-refractivity contribution in [3.63, 3.8) is 0 Å². The summed E-state index contributed by atoms with van der Waals surface area (Å²) in [7, 11) is 0. The van der Waals surface area contributed by atoms with Gasteiger partial charge in [-0.1, -0.05) is 59.1 Å². The van der Waals surface area contributed by atoms with Gasteiger partial charge < -0.3 is 4.74 Å². The molecule has 0 fully saturated rings. The molecule has 0 spiro atoms. The first kappa shape index (κ1) is 13.6. The van der Waals surface area contributed by atoms with Gasteiger partial charge in [-0.05, 0) is 22.9 Å². The Balaban J connectivity index is 0.00000121. The molecule has 20 heavy (non-hydrogen) atoms. The first-order valence-corrected chi connectivity index (χ1v) is 7.67. The zero-order chi connectivity index (χ0) is 12.7. The Labute approximate surface area is 128 Å². The molecule has 1 nitrogen and oxygen atoms in total. The van der Waals surface area contributed by atoms with E-state index in [4.69, 9.17) is 4.74 Å². The molecule has 0 atom stereocenters. The minimum Gasteiger partial charge on any atom is -0.436 e. The predicted octanol–water partition coefficient (Wildman–Crippen LogP) is 6.77. The molecular formula is C16H10OPS2. The monoisotopic (exact) mass is 313 g/mol. The summed E-state index contributed by atoms with van der Waals surface area (Å²) in [6.07, 6.45) is 0. The van der Waals surface area contributed by atoms with Crippen LogP contribution in [0.1, 0.15) is 0 Å². The van der Waals surface area contributed by atoms with Crippen molar-refractivity contribution in [2.24, 2.45) is 0 Å². The van der Waals surface area contributed by atoms with Crippen LogP contribution in [0.3, 0.4) is 0 Å².